The Morgan fingerprint density at radius 2 is 2.00 bits per heavy atom. The number of nitrogens with zero attached hydrogens (tertiary/aromatic N) is 1. The Morgan fingerprint density at radius 1 is 1.11 bits per heavy atom. The zero-order valence-corrected chi connectivity index (χ0v) is 11.4. The van der Waals surface area contributed by atoms with Crippen LogP contribution < -0.4 is 4.90 Å². The summed E-state index contributed by atoms with van der Waals surface area (Å²) >= 11 is 1.90. The van der Waals surface area contributed by atoms with E-state index in [1.54, 1.807) is 0 Å². The highest BCUT2D eigenvalue weighted by Gasteiger charge is 2.20. The number of anilines is 1. The molecule has 1 aliphatic rings. The summed E-state index contributed by atoms with van der Waals surface area (Å²) in [6.45, 7) is 2.42. The molecule has 0 saturated carbocycles. The number of thiophene rings is 1. The lowest BCUT2D eigenvalue weighted by atomic mass is 9.94. The molecule has 1 saturated heterocycles. The summed E-state index contributed by atoms with van der Waals surface area (Å²) in [7, 11) is 0. The number of rotatable bonds is 3. The topological polar surface area (TPSA) is 3.24 Å². The minimum absolute atomic E-state index is 0.817. The van der Waals surface area contributed by atoms with E-state index >= 15 is 0 Å². The quantitative estimate of drug-likeness (QED) is 0.796. The zero-order valence-electron chi connectivity index (χ0n) is 10.6. The maximum atomic E-state index is 2.54. The van der Waals surface area contributed by atoms with E-state index in [0.717, 1.165) is 5.92 Å². The molecule has 1 nitrogen and oxygen atoms in total. The van der Waals surface area contributed by atoms with Crippen molar-refractivity contribution in [2.75, 3.05) is 18.0 Å². The Balaban J connectivity index is 1.65. The van der Waals surface area contributed by atoms with Crippen molar-refractivity contribution in [2.24, 2.45) is 5.92 Å². The van der Waals surface area contributed by atoms with Gasteiger partial charge in [-0.05, 0) is 48.8 Å². The number of benzene rings is 1. The van der Waals surface area contributed by atoms with E-state index in [1.165, 1.54) is 42.9 Å². The van der Waals surface area contributed by atoms with Crippen molar-refractivity contribution >= 4 is 17.0 Å². The highest BCUT2D eigenvalue weighted by molar-refractivity contribution is 7.09. The molecule has 2 heteroatoms. The van der Waals surface area contributed by atoms with E-state index in [-0.39, 0.29) is 0 Å². The first-order valence-electron chi connectivity index (χ1n) is 6.74. The fourth-order valence-electron chi connectivity index (χ4n) is 2.82. The van der Waals surface area contributed by atoms with E-state index in [1.807, 2.05) is 11.3 Å². The standard InChI is InChI=1S/C16H19NS/c1-2-7-15(8-3-1)17-10-4-6-14(13-17)12-16-9-5-11-18-16/h1-3,5,7-9,11,14H,4,6,10,12-13H2. The summed E-state index contributed by atoms with van der Waals surface area (Å²) in [5, 5.41) is 2.19. The minimum Gasteiger partial charge on any atom is -0.371 e. The van der Waals surface area contributed by atoms with Gasteiger partial charge in [0.1, 0.15) is 0 Å². The summed E-state index contributed by atoms with van der Waals surface area (Å²) in [5.74, 6) is 0.817. The molecule has 1 fully saturated rings. The van der Waals surface area contributed by atoms with Crippen LogP contribution in [0.15, 0.2) is 47.8 Å². The molecule has 18 heavy (non-hydrogen) atoms. The van der Waals surface area contributed by atoms with E-state index in [2.05, 4.69) is 52.7 Å². The van der Waals surface area contributed by atoms with E-state index < -0.39 is 0 Å². The SMILES string of the molecule is c1ccc(N2CCCC(Cc3cccs3)C2)cc1. The number of hydrogen-bond donors (Lipinski definition) is 0. The summed E-state index contributed by atoms with van der Waals surface area (Å²) in [6.07, 6.45) is 3.95. The molecule has 1 atom stereocenters. The van der Waals surface area contributed by atoms with Gasteiger partial charge in [-0.1, -0.05) is 24.3 Å². The van der Waals surface area contributed by atoms with Crippen LogP contribution in [0.4, 0.5) is 5.69 Å². The fourth-order valence-corrected chi connectivity index (χ4v) is 3.64. The number of piperidine rings is 1. The highest BCUT2D eigenvalue weighted by Crippen LogP contribution is 2.26. The van der Waals surface area contributed by atoms with Gasteiger partial charge in [-0.25, -0.2) is 0 Å². The van der Waals surface area contributed by atoms with E-state index in [9.17, 15) is 0 Å². The highest BCUT2D eigenvalue weighted by atomic mass is 32.1. The summed E-state index contributed by atoms with van der Waals surface area (Å²) in [5.41, 5.74) is 1.38. The molecule has 0 aliphatic carbocycles. The molecule has 94 valence electrons. The third-order valence-corrected chi connectivity index (χ3v) is 4.61. The molecule has 0 amide bonds. The Morgan fingerprint density at radius 3 is 2.78 bits per heavy atom. The molecule has 1 aliphatic heterocycles. The van der Waals surface area contributed by atoms with Crippen LogP contribution in [-0.4, -0.2) is 13.1 Å². The summed E-state index contributed by atoms with van der Waals surface area (Å²) in [6, 6.07) is 15.3. The van der Waals surface area contributed by atoms with Gasteiger partial charge in [0, 0.05) is 23.7 Å². The Labute approximate surface area is 113 Å². The fraction of sp³-hybridized carbons (Fsp3) is 0.375. The van der Waals surface area contributed by atoms with Gasteiger partial charge in [0.05, 0.1) is 0 Å². The van der Waals surface area contributed by atoms with Crippen molar-refractivity contribution in [3.63, 3.8) is 0 Å². The minimum atomic E-state index is 0.817. The molecule has 1 unspecified atom stereocenters. The van der Waals surface area contributed by atoms with Crippen LogP contribution >= 0.6 is 11.3 Å². The maximum absolute atomic E-state index is 2.54. The predicted molar refractivity (Wildman–Crippen MR) is 79.4 cm³/mol. The molecule has 1 aromatic heterocycles. The third kappa shape index (κ3) is 2.75. The van der Waals surface area contributed by atoms with Crippen LogP contribution in [-0.2, 0) is 6.42 Å². The van der Waals surface area contributed by atoms with Gasteiger partial charge in [0.2, 0.25) is 0 Å². The molecular formula is C16H19NS. The van der Waals surface area contributed by atoms with Crippen LogP contribution in [0.2, 0.25) is 0 Å². The van der Waals surface area contributed by atoms with Crippen LogP contribution in [0.3, 0.4) is 0 Å². The Hall–Kier alpha value is -1.28. The maximum Gasteiger partial charge on any atom is 0.0366 e. The van der Waals surface area contributed by atoms with Crippen molar-refractivity contribution in [1.82, 2.24) is 0 Å². The second-order valence-electron chi connectivity index (χ2n) is 5.07. The van der Waals surface area contributed by atoms with Crippen LogP contribution in [0, 0.1) is 5.92 Å². The third-order valence-electron chi connectivity index (χ3n) is 3.71. The lowest BCUT2D eigenvalue weighted by molar-refractivity contribution is 0.415. The average molecular weight is 257 g/mol. The van der Waals surface area contributed by atoms with Crippen molar-refractivity contribution in [1.29, 1.82) is 0 Å². The van der Waals surface area contributed by atoms with Crippen molar-refractivity contribution < 1.29 is 0 Å². The van der Waals surface area contributed by atoms with Gasteiger partial charge in [-0.3, -0.25) is 0 Å². The monoisotopic (exact) mass is 257 g/mol. The van der Waals surface area contributed by atoms with Gasteiger partial charge < -0.3 is 4.90 Å². The molecule has 0 N–H and O–H groups in total. The molecule has 3 rings (SSSR count). The van der Waals surface area contributed by atoms with E-state index in [4.69, 9.17) is 0 Å². The Bertz CT molecular complexity index is 463. The van der Waals surface area contributed by atoms with Gasteiger partial charge in [0.25, 0.3) is 0 Å². The van der Waals surface area contributed by atoms with Crippen molar-refractivity contribution in [2.45, 2.75) is 19.3 Å². The normalized spacial score (nSPS) is 20.0. The molecule has 2 aromatic rings. The average Bonchev–Trinajstić information content (AvgIpc) is 2.93. The first kappa shape index (κ1) is 11.8. The summed E-state index contributed by atoms with van der Waals surface area (Å²) in [4.78, 5) is 4.08. The lowest BCUT2D eigenvalue weighted by Crippen LogP contribution is -2.36. The second kappa shape index (κ2) is 5.57. The molecular weight excluding hydrogens is 238 g/mol. The van der Waals surface area contributed by atoms with E-state index in [0.29, 0.717) is 0 Å². The molecule has 2 heterocycles. The van der Waals surface area contributed by atoms with Gasteiger partial charge in [-0.15, -0.1) is 11.3 Å². The van der Waals surface area contributed by atoms with Crippen LogP contribution in [0.25, 0.3) is 0 Å². The molecule has 0 spiro atoms. The van der Waals surface area contributed by atoms with Crippen LogP contribution in [0.5, 0.6) is 0 Å². The first-order valence-corrected chi connectivity index (χ1v) is 7.62. The number of para-hydroxylation sites is 1. The zero-order chi connectivity index (χ0) is 12.2. The molecule has 0 bridgehead atoms. The van der Waals surface area contributed by atoms with Crippen LogP contribution in [0.1, 0.15) is 17.7 Å². The first-order chi connectivity index (χ1) is 8.92. The predicted octanol–water partition coefficient (Wildman–Crippen LogP) is 4.21. The molecule has 0 radical (unpaired) electrons. The lowest BCUT2D eigenvalue weighted by Gasteiger charge is -2.34. The molecule has 1 aromatic carbocycles. The van der Waals surface area contributed by atoms with Gasteiger partial charge in [-0.2, -0.15) is 0 Å². The number of hydrogen-bond acceptors (Lipinski definition) is 2. The van der Waals surface area contributed by atoms with Gasteiger partial charge in [0.15, 0.2) is 0 Å². The second-order valence-corrected chi connectivity index (χ2v) is 6.11. The van der Waals surface area contributed by atoms with Crippen molar-refractivity contribution in [3.8, 4) is 0 Å². The summed E-state index contributed by atoms with van der Waals surface area (Å²) < 4.78 is 0. The van der Waals surface area contributed by atoms with Gasteiger partial charge >= 0.3 is 0 Å². The smallest absolute Gasteiger partial charge is 0.0366 e. The largest absolute Gasteiger partial charge is 0.371 e. The van der Waals surface area contributed by atoms with Crippen molar-refractivity contribution in [3.05, 3.63) is 52.7 Å². The Kier molecular flexibility index (Phi) is 3.65.